The molecule has 21 heavy (non-hydrogen) atoms. The molecule has 0 amide bonds. The third-order valence-electron chi connectivity index (χ3n) is 3.74. The molecule has 1 N–H and O–H groups in total. The fraction of sp³-hybridized carbons (Fsp3) is 0.412. The molecular weight excluding hydrogens is 260 g/mol. The number of benzene rings is 1. The molecule has 1 aromatic heterocycles. The molecule has 0 radical (unpaired) electrons. The van der Waals surface area contributed by atoms with Gasteiger partial charge in [-0.2, -0.15) is 10.4 Å². The van der Waals surface area contributed by atoms with Crippen LogP contribution in [0.3, 0.4) is 0 Å². The third kappa shape index (κ3) is 3.32. The maximum absolute atomic E-state index is 9.77. The van der Waals surface area contributed by atoms with Crippen molar-refractivity contribution in [3.05, 3.63) is 53.3 Å². The van der Waals surface area contributed by atoms with Crippen molar-refractivity contribution in [3.63, 3.8) is 0 Å². The summed E-state index contributed by atoms with van der Waals surface area (Å²) in [4.78, 5) is 0. The van der Waals surface area contributed by atoms with Crippen LogP contribution in [0.2, 0.25) is 0 Å². The first kappa shape index (κ1) is 15.3. The predicted octanol–water partition coefficient (Wildman–Crippen LogP) is 2.92. The van der Waals surface area contributed by atoms with E-state index in [4.69, 9.17) is 0 Å². The van der Waals surface area contributed by atoms with E-state index in [-0.39, 0.29) is 0 Å². The van der Waals surface area contributed by atoms with Crippen LogP contribution >= 0.6 is 0 Å². The molecule has 1 unspecified atom stereocenters. The Morgan fingerprint density at radius 2 is 2.00 bits per heavy atom. The number of hydrogen-bond acceptors (Lipinski definition) is 3. The smallest absolute Gasteiger partial charge is 0.134 e. The molecule has 0 fully saturated rings. The molecule has 1 aromatic carbocycles. The summed E-state index contributed by atoms with van der Waals surface area (Å²) in [5.74, 6) is 0. The van der Waals surface area contributed by atoms with Crippen LogP contribution in [0, 0.1) is 25.2 Å². The highest BCUT2D eigenvalue weighted by atomic mass is 15.3. The van der Waals surface area contributed by atoms with Gasteiger partial charge in [0.2, 0.25) is 0 Å². The van der Waals surface area contributed by atoms with E-state index >= 15 is 0 Å². The molecule has 0 aliphatic carbocycles. The molecule has 4 nitrogen and oxygen atoms in total. The zero-order valence-electron chi connectivity index (χ0n) is 12.9. The van der Waals surface area contributed by atoms with Crippen LogP contribution in [-0.4, -0.2) is 16.3 Å². The van der Waals surface area contributed by atoms with E-state index in [1.807, 2.05) is 55.8 Å². The fourth-order valence-electron chi connectivity index (χ4n) is 2.69. The molecule has 0 spiro atoms. The second kappa shape index (κ2) is 6.55. The Morgan fingerprint density at radius 1 is 1.29 bits per heavy atom. The first-order valence-corrected chi connectivity index (χ1v) is 7.34. The molecule has 2 rings (SSSR count). The number of nitriles is 1. The molecule has 1 atom stereocenters. The largest absolute Gasteiger partial charge is 0.296 e. The van der Waals surface area contributed by atoms with Gasteiger partial charge < -0.3 is 0 Å². The van der Waals surface area contributed by atoms with Crippen LogP contribution in [-0.2, 0) is 12.1 Å². The van der Waals surface area contributed by atoms with Crippen LogP contribution < -0.4 is 5.32 Å². The summed E-state index contributed by atoms with van der Waals surface area (Å²) in [5.41, 5.74) is 2.49. The number of aryl methyl sites for hydroxylation is 3. The van der Waals surface area contributed by atoms with E-state index < -0.39 is 5.54 Å². The van der Waals surface area contributed by atoms with E-state index in [0.29, 0.717) is 6.42 Å². The van der Waals surface area contributed by atoms with Crippen LogP contribution in [0.15, 0.2) is 36.4 Å². The lowest BCUT2D eigenvalue weighted by atomic mass is 9.88. The summed E-state index contributed by atoms with van der Waals surface area (Å²) in [6.07, 6.45) is 0.684. The lowest BCUT2D eigenvalue weighted by Gasteiger charge is -2.28. The SMILES string of the molecule is CCNC(C#N)(CCn1nc(C)cc1C)c1ccccc1. The Morgan fingerprint density at radius 3 is 2.52 bits per heavy atom. The minimum Gasteiger partial charge on any atom is -0.296 e. The van der Waals surface area contributed by atoms with Gasteiger partial charge >= 0.3 is 0 Å². The van der Waals surface area contributed by atoms with Crippen molar-refractivity contribution in [1.29, 1.82) is 5.26 Å². The van der Waals surface area contributed by atoms with E-state index in [2.05, 4.69) is 22.6 Å². The Labute approximate surface area is 126 Å². The summed E-state index contributed by atoms with van der Waals surface area (Å²) in [6.45, 7) is 7.53. The Hall–Kier alpha value is -2.12. The summed E-state index contributed by atoms with van der Waals surface area (Å²) in [5, 5.41) is 17.6. The highest BCUT2D eigenvalue weighted by molar-refractivity contribution is 5.31. The maximum atomic E-state index is 9.77. The molecule has 110 valence electrons. The second-order valence-electron chi connectivity index (χ2n) is 5.31. The first-order valence-electron chi connectivity index (χ1n) is 7.34. The van der Waals surface area contributed by atoms with Gasteiger partial charge in [0.1, 0.15) is 5.54 Å². The van der Waals surface area contributed by atoms with E-state index in [1.165, 1.54) is 0 Å². The zero-order valence-corrected chi connectivity index (χ0v) is 12.9. The average molecular weight is 282 g/mol. The number of nitrogens with one attached hydrogen (secondary N) is 1. The topological polar surface area (TPSA) is 53.6 Å². The highest BCUT2D eigenvalue weighted by Crippen LogP contribution is 2.25. The Bertz CT molecular complexity index is 624. The van der Waals surface area contributed by atoms with Crippen molar-refractivity contribution < 1.29 is 0 Å². The molecule has 1 heterocycles. The predicted molar refractivity (Wildman–Crippen MR) is 83.7 cm³/mol. The number of aromatic nitrogens is 2. The van der Waals surface area contributed by atoms with Gasteiger partial charge in [0.05, 0.1) is 11.8 Å². The van der Waals surface area contributed by atoms with E-state index in [9.17, 15) is 5.26 Å². The van der Waals surface area contributed by atoms with Crippen molar-refractivity contribution in [1.82, 2.24) is 15.1 Å². The molecule has 0 aliphatic heterocycles. The summed E-state index contributed by atoms with van der Waals surface area (Å²) >= 11 is 0. The van der Waals surface area contributed by atoms with Gasteiger partial charge in [0.25, 0.3) is 0 Å². The highest BCUT2D eigenvalue weighted by Gasteiger charge is 2.31. The van der Waals surface area contributed by atoms with Crippen molar-refractivity contribution in [3.8, 4) is 6.07 Å². The van der Waals surface area contributed by atoms with Crippen LogP contribution in [0.1, 0.15) is 30.3 Å². The minimum absolute atomic E-state index is 0.664. The summed E-state index contributed by atoms with van der Waals surface area (Å²) in [7, 11) is 0. The van der Waals surface area contributed by atoms with Crippen LogP contribution in [0.5, 0.6) is 0 Å². The van der Waals surface area contributed by atoms with E-state index in [0.717, 1.165) is 30.0 Å². The molecule has 0 bridgehead atoms. The molecular formula is C17H22N4. The quantitative estimate of drug-likeness (QED) is 0.886. The summed E-state index contributed by atoms with van der Waals surface area (Å²) in [6, 6.07) is 14.5. The van der Waals surface area contributed by atoms with Gasteiger partial charge in [0, 0.05) is 18.7 Å². The third-order valence-corrected chi connectivity index (χ3v) is 3.74. The van der Waals surface area contributed by atoms with Gasteiger partial charge in [-0.25, -0.2) is 0 Å². The standard InChI is InChI=1S/C17H22N4/c1-4-19-17(13-18,16-8-6-5-7-9-16)10-11-21-15(3)12-14(2)20-21/h5-9,12,19H,4,10-11H2,1-3H3. The zero-order chi connectivity index (χ0) is 15.3. The lowest BCUT2D eigenvalue weighted by Crippen LogP contribution is -2.42. The molecule has 2 aromatic rings. The fourth-order valence-corrected chi connectivity index (χ4v) is 2.69. The van der Waals surface area contributed by atoms with Crippen molar-refractivity contribution >= 4 is 0 Å². The molecule has 0 saturated heterocycles. The van der Waals surface area contributed by atoms with Gasteiger partial charge in [-0.15, -0.1) is 0 Å². The first-order chi connectivity index (χ1) is 10.1. The van der Waals surface area contributed by atoms with Crippen molar-refractivity contribution in [2.75, 3.05) is 6.54 Å². The Balaban J connectivity index is 2.25. The van der Waals surface area contributed by atoms with Gasteiger partial charge in [-0.3, -0.25) is 10.00 Å². The maximum Gasteiger partial charge on any atom is 0.134 e. The number of hydrogen-bond donors (Lipinski definition) is 1. The second-order valence-corrected chi connectivity index (χ2v) is 5.31. The normalized spacial score (nSPS) is 13.6. The van der Waals surface area contributed by atoms with Crippen LogP contribution in [0.4, 0.5) is 0 Å². The van der Waals surface area contributed by atoms with Gasteiger partial charge in [-0.05, 0) is 32.0 Å². The molecule has 4 heteroatoms. The molecule has 0 saturated carbocycles. The number of nitrogens with zero attached hydrogens (tertiary/aromatic N) is 3. The van der Waals surface area contributed by atoms with Crippen molar-refractivity contribution in [2.24, 2.45) is 0 Å². The van der Waals surface area contributed by atoms with E-state index in [1.54, 1.807) is 0 Å². The molecule has 0 aliphatic rings. The number of rotatable bonds is 6. The monoisotopic (exact) mass is 282 g/mol. The average Bonchev–Trinajstić information content (AvgIpc) is 2.82. The Kier molecular flexibility index (Phi) is 4.77. The van der Waals surface area contributed by atoms with Crippen molar-refractivity contribution in [2.45, 2.75) is 39.3 Å². The van der Waals surface area contributed by atoms with Gasteiger partial charge in [0.15, 0.2) is 0 Å². The lowest BCUT2D eigenvalue weighted by molar-refractivity contribution is 0.369. The van der Waals surface area contributed by atoms with Crippen LogP contribution in [0.25, 0.3) is 0 Å². The summed E-state index contributed by atoms with van der Waals surface area (Å²) < 4.78 is 1.97. The minimum atomic E-state index is -0.664. The van der Waals surface area contributed by atoms with Gasteiger partial charge in [-0.1, -0.05) is 37.3 Å².